The highest BCUT2D eigenvalue weighted by atomic mass is 35.5. The largest absolute Gasteiger partial charge is 0.383 e. The molecule has 0 atom stereocenters. The van der Waals surface area contributed by atoms with Crippen molar-refractivity contribution < 1.29 is 0 Å². The molecule has 0 radical (unpaired) electrons. The first-order valence-corrected chi connectivity index (χ1v) is 3.87. The Hall–Kier alpha value is -1.73. The van der Waals surface area contributed by atoms with Crippen LogP contribution in [0.25, 0.3) is 11.0 Å². The third-order valence-electron chi connectivity index (χ3n) is 1.69. The van der Waals surface area contributed by atoms with Crippen LogP contribution in [0, 0.1) is 12.3 Å². The van der Waals surface area contributed by atoms with Crippen molar-refractivity contribution in [1.82, 2.24) is 15.0 Å². The Morgan fingerprint density at radius 2 is 2.31 bits per heavy atom. The number of nitrogen functional groups attached to an aromatic ring is 1. The highest BCUT2D eigenvalue weighted by molar-refractivity contribution is 6.28. The lowest BCUT2D eigenvalue weighted by Gasteiger charge is -1.95. The molecule has 0 fully saturated rings. The van der Waals surface area contributed by atoms with Gasteiger partial charge in [0.1, 0.15) is 11.5 Å². The van der Waals surface area contributed by atoms with Gasteiger partial charge in [-0.2, -0.15) is 4.98 Å². The molecule has 13 heavy (non-hydrogen) atoms. The van der Waals surface area contributed by atoms with Gasteiger partial charge in [-0.05, 0) is 11.6 Å². The number of nitrogens with zero attached hydrogens (tertiary/aromatic N) is 2. The van der Waals surface area contributed by atoms with Crippen LogP contribution < -0.4 is 5.73 Å². The quantitative estimate of drug-likeness (QED) is 0.487. The Bertz CT molecular complexity index is 509. The second-order valence-corrected chi connectivity index (χ2v) is 2.79. The standard InChI is InChI=1S/C8H5ClN4/c1-2-4-3-11-7-5(4)6(10)12-8(9)13-7/h1,3H,(H3,10,11,12,13). The molecule has 0 aliphatic rings. The second kappa shape index (κ2) is 2.64. The average molecular weight is 193 g/mol. The predicted molar refractivity (Wildman–Crippen MR) is 51.2 cm³/mol. The van der Waals surface area contributed by atoms with E-state index >= 15 is 0 Å². The number of nitrogens with two attached hydrogens (primary N) is 1. The van der Waals surface area contributed by atoms with Crippen molar-refractivity contribution in [3.05, 3.63) is 17.0 Å². The first-order valence-electron chi connectivity index (χ1n) is 3.49. The van der Waals surface area contributed by atoms with Crippen LogP contribution in [0.15, 0.2) is 6.20 Å². The predicted octanol–water partition coefficient (Wildman–Crippen LogP) is 1.17. The van der Waals surface area contributed by atoms with Crippen LogP contribution in [0.2, 0.25) is 5.28 Å². The number of aromatic nitrogens is 3. The number of H-pyrrole nitrogens is 1. The maximum atomic E-state index is 5.63. The Morgan fingerprint density at radius 1 is 1.54 bits per heavy atom. The molecule has 2 rings (SSSR count). The molecule has 2 aromatic rings. The van der Waals surface area contributed by atoms with Crippen molar-refractivity contribution in [2.75, 3.05) is 5.73 Å². The third-order valence-corrected chi connectivity index (χ3v) is 1.86. The molecule has 0 saturated carbocycles. The van der Waals surface area contributed by atoms with Crippen LogP contribution >= 0.6 is 11.6 Å². The van der Waals surface area contributed by atoms with Gasteiger partial charge in [-0.3, -0.25) is 0 Å². The zero-order chi connectivity index (χ0) is 9.42. The highest BCUT2D eigenvalue weighted by Crippen LogP contribution is 2.22. The number of anilines is 1. The van der Waals surface area contributed by atoms with E-state index in [9.17, 15) is 0 Å². The number of hydrogen-bond acceptors (Lipinski definition) is 3. The molecule has 2 heterocycles. The molecule has 0 unspecified atom stereocenters. The van der Waals surface area contributed by atoms with E-state index in [-0.39, 0.29) is 5.28 Å². The van der Waals surface area contributed by atoms with Crippen LogP contribution in [-0.2, 0) is 0 Å². The second-order valence-electron chi connectivity index (χ2n) is 2.45. The van der Waals surface area contributed by atoms with Crippen molar-refractivity contribution in [1.29, 1.82) is 0 Å². The first kappa shape index (κ1) is 7.90. The van der Waals surface area contributed by atoms with Gasteiger partial charge in [0.15, 0.2) is 0 Å². The lowest BCUT2D eigenvalue weighted by atomic mass is 10.2. The molecule has 0 amide bonds. The van der Waals surface area contributed by atoms with E-state index in [1.165, 1.54) is 0 Å². The summed E-state index contributed by atoms with van der Waals surface area (Å²) in [6.45, 7) is 0. The summed E-state index contributed by atoms with van der Waals surface area (Å²) in [6, 6.07) is 0. The lowest BCUT2D eigenvalue weighted by Crippen LogP contribution is -1.94. The Balaban J connectivity index is 2.92. The number of aromatic amines is 1. The summed E-state index contributed by atoms with van der Waals surface area (Å²) in [5.41, 5.74) is 6.83. The van der Waals surface area contributed by atoms with E-state index in [2.05, 4.69) is 20.9 Å². The number of nitrogens with one attached hydrogen (secondary N) is 1. The number of rotatable bonds is 0. The van der Waals surface area contributed by atoms with Crippen molar-refractivity contribution in [3.8, 4) is 12.3 Å². The molecule has 64 valence electrons. The molecule has 0 saturated heterocycles. The molecule has 4 nitrogen and oxygen atoms in total. The fourth-order valence-electron chi connectivity index (χ4n) is 1.15. The van der Waals surface area contributed by atoms with Gasteiger partial charge in [0.05, 0.1) is 10.9 Å². The lowest BCUT2D eigenvalue weighted by molar-refractivity contribution is 1.21. The van der Waals surface area contributed by atoms with Crippen molar-refractivity contribution in [2.24, 2.45) is 0 Å². The summed E-state index contributed by atoms with van der Waals surface area (Å²) >= 11 is 5.60. The van der Waals surface area contributed by atoms with Crippen molar-refractivity contribution in [2.45, 2.75) is 0 Å². The monoisotopic (exact) mass is 192 g/mol. The molecule has 3 N–H and O–H groups in total. The zero-order valence-electron chi connectivity index (χ0n) is 6.50. The third kappa shape index (κ3) is 1.10. The van der Waals surface area contributed by atoms with Gasteiger partial charge in [0.25, 0.3) is 0 Å². The molecule has 0 aromatic carbocycles. The molecule has 5 heteroatoms. The van der Waals surface area contributed by atoms with E-state index < -0.39 is 0 Å². The summed E-state index contributed by atoms with van der Waals surface area (Å²) in [4.78, 5) is 10.6. The fourth-order valence-corrected chi connectivity index (χ4v) is 1.32. The maximum Gasteiger partial charge on any atom is 0.226 e. The topological polar surface area (TPSA) is 67.6 Å². The van der Waals surface area contributed by atoms with Gasteiger partial charge in [0, 0.05) is 6.20 Å². The molecular formula is C8H5ClN4. The van der Waals surface area contributed by atoms with Gasteiger partial charge in [-0.1, -0.05) is 5.92 Å². The van der Waals surface area contributed by atoms with Gasteiger partial charge < -0.3 is 10.7 Å². The summed E-state index contributed by atoms with van der Waals surface area (Å²) < 4.78 is 0. The minimum Gasteiger partial charge on any atom is -0.383 e. The molecule has 0 aliphatic carbocycles. The number of fused-ring (bicyclic) bond motifs is 1. The summed E-state index contributed by atoms with van der Waals surface area (Å²) in [7, 11) is 0. The summed E-state index contributed by atoms with van der Waals surface area (Å²) in [5, 5.41) is 0.752. The Labute approximate surface area is 79.1 Å². The minimum absolute atomic E-state index is 0.107. The molecule has 0 spiro atoms. The van der Waals surface area contributed by atoms with Crippen LogP contribution in [-0.4, -0.2) is 15.0 Å². The SMILES string of the molecule is C#Cc1c[nH]c2nc(Cl)nc(N)c12. The highest BCUT2D eigenvalue weighted by Gasteiger charge is 2.08. The number of hydrogen-bond donors (Lipinski definition) is 2. The van der Waals surface area contributed by atoms with Crippen LogP contribution in [0.5, 0.6) is 0 Å². The molecule has 0 bridgehead atoms. The number of halogens is 1. The van der Waals surface area contributed by atoms with Gasteiger partial charge >= 0.3 is 0 Å². The minimum atomic E-state index is 0.107. The van der Waals surface area contributed by atoms with Crippen LogP contribution in [0.1, 0.15) is 5.56 Å². The normalized spacial score (nSPS) is 10.2. The fraction of sp³-hybridized carbons (Fsp3) is 0. The van der Waals surface area contributed by atoms with Gasteiger partial charge in [-0.25, -0.2) is 4.98 Å². The zero-order valence-corrected chi connectivity index (χ0v) is 7.26. The molecule has 0 aliphatic heterocycles. The Kier molecular flexibility index (Phi) is 1.61. The van der Waals surface area contributed by atoms with Crippen molar-refractivity contribution >= 4 is 28.5 Å². The van der Waals surface area contributed by atoms with Gasteiger partial charge in [-0.15, -0.1) is 6.42 Å². The smallest absolute Gasteiger partial charge is 0.226 e. The average Bonchev–Trinajstić information content (AvgIpc) is 2.47. The van der Waals surface area contributed by atoms with Crippen molar-refractivity contribution in [3.63, 3.8) is 0 Å². The van der Waals surface area contributed by atoms with E-state index in [4.69, 9.17) is 23.8 Å². The van der Waals surface area contributed by atoms with Crippen LogP contribution in [0.3, 0.4) is 0 Å². The summed E-state index contributed by atoms with van der Waals surface area (Å²) in [6.07, 6.45) is 6.90. The van der Waals surface area contributed by atoms with E-state index in [1.807, 2.05) is 0 Å². The Morgan fingerprint density at radius 3 is 3.00 bits per heavy atom. The van der Waals surface area contributed by atoms with E-state index in [0.29, 0.717) is 22.4 Å². The first-order chi connectivity index (χ1) is 6.22. The summed E-state index contributed by atoms with van der Waals surface area (Å²) in [5.74, 6) is 2.77. The van der Waals surface area contributed by atoms with E-state index in [1.54, 1.807) is 6.20 Å². The molecular weight excluding hydrogens is 188 g/mol. The number of terminal acetylenes is 1. The van der Waals surface area contributed by atoms with Gasteiger partial charge in [0.2, 0.25) is 5.28 Å². The molecule has 2 aromatic heterocycles. The van der Waals surface area contributed by atoms with E-state index in [0.717, 1.165) is 0 Å². The van der Waals surface area contributed by atoms with Crippen LogP contribution in [0.4, 0.5) is 5.82 Å². The maximum absolute atomic E-state index is 5.63.